The lowest BCUT2D eigenvalue weighted by Gasteiger charge is -2.08. The number of nitrogens with one attached hydrogen (secondary N) is 1. The summed E-state index contributed by atoms with van der Waals surface area (Å²) in [6.45, 7) is 1.95. The minimum atomic E-state index is -0.927. The summed E-state index contributed by atoms with van der Waals surface area (Å²) < 4.78 is 18.3. The molecule has 2 aromatic carbocycles. The largest absolute Gasteiger partial charge is 0.452 e. The zero-order valence-corrected chi connectivity index (χ0v) is 13.9. The van der Waals surface area contributed by atoms with Crippen LogP contribution in [0.25, 0.3) is 0 Å². The second kappa shape index (κ2) is 8.45. The second-order valence-corrected chi connectivity index (χ2v) is 5.66. The zero-order valence-electron chi connectivity index (χ0n) is 13.1. The quantitative estimate of drug-likeness (QED) is 0.814. The van der Waals surface area contributed by atoms with E-state index in [4.69, 9.17) is 16.3 Å². The molecule has 0 aliphatic carbocycles. The van der Waals surface area contributed by atoms with Crippen molar-refractivity contribution in [3.05, 3.63) is 70.0 Å². The topological polar surface area (TPSA) is 55.4 Å². The number of aryl methyl sites for hydroxylation is 1. The van der Waals surface area contributed by atoms with Gasteiger partial charge in [-0.05, 0) is 42.7 Å². The van der Waals surface area contributed by atoms with Gasteiger partial charge < -0.3 is 10.1 Å². The molecule has 0 aromatic heterocycles. The van der Waals surface area contributed by atoms with Gasteiger partial charge in [0, 0.05) is 11.6 Å². The zero-order chi connectivity index (χ0) is 17.5. The van der Waals surface area contributed by atoms with Crippen LogP contribution in [0.3, 0.4) is 0 Å². The fraction of sp³-hybridized carbons (Fsp3) is 0.222. The van der Waals surface area contributed by atoms with Crippen LogP contribution in [0.1, 0.15) is 21.5 Å². The van der Waals surface area contributed by atoms with Crippen LogP contribution in [0.15, 0.2) is 42.5 Å². The number of rotatable bonds is 6. The summed E-state index contributed by atoms with van der Waals surface area (Å²) >= 11 is 5.71. The van der Waals surface area contributed by atoms with E-state index in [0.717, 1.165) is 23.3 Å². The standard InChI is InChI=1S/C18H17ClFNO3/c1-12-4-2-3-5-13(12)8-9-21-17(22)11-24-18(23)15-10-14(19)6-7-16(15)20/h2-7,10H,8-9,11H2,1H3,(H,21,22). The van der Waals surface area contributed by atoms with Crippen molar-refractivity contribution in [2.75, 3.05) is 13.2 Å². The highest BCUT2D eigenvalue weighted by Gasteiger charge is 2.15. The molecular weight excluding hydrogens is 333 g/mol. The fourth-order valence-electron chi connectivity index (χ4n) is 2.14. The molecular formula is C18H17ClFNO3. The number of halogens is 2. The van der Waals surface area contributed by atoms with Crippen molar-refractivity contribution in [1.82, 2.24) is 5.32 Å². The van der Waals surface area contributed by atoms with Crippen LogP contribution in [0.4, 0.5) is 4.39 Å². The molecule has 2 aromatic rings. The average molecular weight is 350 g/mol. The number of carbonyl (C=O) groups excluding carboxylic acids is 2. The number of ether oxygens (including phenoxy) is 1. The average Bonchev–Trinajstić information content (AvgIpc) is 2.56. The summed E-state index contributed by atoms with van der Waals surface area (Å²) in [5, 5.41) is 2.87. The van der Waals surface area contributed by atoms with E-state index in [0.29, 0.717) is 13.0 Å². The summed E-state index contributed by atoms with van der Waals surface area (Å²) in [6.07, 6.45) is 0.676. The highest BCUT2D eigenvalue weighted by molar-refractivity contribution is 6.30. The summed E-state index contributed by atoms with van der Waals surface area (Å²) in [7, 11) is 0. The van der Waals surface area contributed by atoms with Gasteiger partial charge in [-0.25, -0.2) is 9.18 Å². The van der Waals surface area contributed by atoms with E-state index in [-0.39, 0.29) is 10.6 Å². The Bertz CT molecular complexity index is 749. The number of amides is 1. The summed E-state index contributed by atoms with van der Waals surface area (Å²) in [4.78, 5) is 23.5. The smallest absolute Gasteiger partial charge is 0.341 e. The molecule has 0 unspecified atom stereocenters. The monoisotopic (exact) mass is 349 g/mol. The maximum Gasteiger partial charge on any atom is 0.341 e. The van der Waals surface area contributed by atoms with Gasteiger partial charge in [0.25, 0.3) is 5.91 Å². The molecule has 4 nitrogen and oxygen atoms in total. The van der Waals surface area contributed by atoms with Crippen molar-refractivity contribution >= 4 is 23.5 Å². The summed E-state index contributed by atoms with van der Waals surface area (Å²) in [6, 6.07) is 11.4. The van der Waals surface area contributed by atoms with Crippen molar-refractivity contribution < 1.29 is 18.7 Å². The third kappa shape index (κ3) is 5.06. The second-order valence-electron chi connectivity index (χ2n) is 5.23. The molecule has 0 saturated carbocycles. The summed E-state index contributed by atoms with van der Waals surface area (Å²) in [5.41, 5.74) is 1.99. The molecule has 0 heterocycles. The minimum absolute atomic E-state index is 0.214. The van der Waals surface area contributed by atoms with Gasteiger partial charge in [-0.1, -0.05) is 35.9 Å². The molecule has 0 saturated heterocycles. The highest BCUT2D eigenvalue weighted by atomic mass is 35.5. The van der Waals surface area contributed by atoms with E-state index in [2.05, 4.69) is 5.32 Å². The Morgan fingerprint density at radius 3 is 2.71 bits per heavy atom. The predicted molar refractivity (Wildman–Crippen MR) is 89.6 cm³/mol. The molecule has 0 aliphatic rings. The molecule has 0 fully saturated rings. The van der Waals surface area contributed by atoms with E-state index < -0.39 is 24.3 Å². The minimum Gasteiger partial charge on any atom is -0.452 e. The Morgan fingerprint density at radius 2 is 1.96 bits per heavy atom. The number of esters is 1. The van der Waals surface area contributed by atoms with Gasteiger partial charge in [0.15, 0.2) is 6.61 Å². The molecule has 126 valence electrons. The highest BCUT2D eigenvalue weighted by Crippen LogP contribution is 2.15. The number of hydrogen-bond donors (Lipinski definition) is 1. The van der Waals surface area contributed by atoms with E-state index >= 15 is 0 Å². The molecule has 24 heavy (non-hydrogen) atoms. The van der Waals surface area contributed by atoms with Crippen LogP contribution in [-0.4, -0.2) is 25.0 Å². The maximum absolute atomic E-state index is 13.5. The van der Waals surface area contributed by atoms with Crippen molar-refractivity contribution in [1.29, 1.82) is 0 Å². The first-order chi connectivity index (χ1) is 11.5. The normalized spacial score (nSPS) is 10.3. The van der Waals surface area contributed by atoms with Gasteiger partial charge in [-0.2, -0.15) is 0 Å². The Morgan fingerprint density at radius 1 is 1.21 bits per heavy atom. The number of benzene rings is 2. The summed E-state index contributed by atoms with van der Waals surface area (Å²) in [5.74, 6) is -2.12. The van der Waals surface area contributed by atoms with Gasteiger partial charge in [-0.15, -0.1) is 0 Å². The van der Waals surface area contributed by atoms with Crippen LogP contribution in [0, 0.1) is 12.7 Å². The molecule has 1 N–H and O–H groups in total. The molecule has 0 atom stereocenters. The van der Waals surface area contributed by atoms with Crippen LogP contribution in [0.5, 0.6) is 0 Å². The predicted octanol–water partition coefficient (Wildman–Crippen LogP) is 3.30. The lowest BCUT2D eigenvalue weighted by Crippen LogP contribution is -2.30. The fourth-order valence-corrected chi connectivity index (χ4v) is 2.31. The number of hydrogen-bond acceptors (Lipinski definition) is 3. The molecule has 0 aliphatic heterocycles. The lowest BCUT2D eigenvalue weighted by molar-refractivity contribution is -0.124. The van der Waals surface area contributed by atoms with Crippen molar-refractivity contribution in [2.45, 2.75) is 13.3 Å². The van der Waals surface area contributed by atoms with E-state index in [1.807, 2.05) is 31.2 Å². The molecule has 1 amide bonds. The van der Waals surface area contributed by atoms with Gasteiger partial charge in [0.2, 0.25) is 0 Å². The van der Waals surface area contributed by atoms with Crippen LogP contribution < -0.4 is 5.32 Å². The van der Waals surface area contributed by atoms with Crippen LogP contribution in [-0.2, 0) is 16.0 Å². The molecule has 6 heteroatoms. The molecule has 0 radical (unpaired) electrons. The van der Waals surface area contributed by atoms with Gasteiger partial charge >= 0.3 is 5.97 Å². The molecule has 0 bridgehead atoms. The Kier molecular flexibility index (Phi) is 6.32. The van der Waals surface area contributed by atoms with Crippen LogP contribution >= 0.6 is 11.6 Å². The van der Waals surface area contributed by atoms with Gasteiger partial charge in [-0.3, -0.25) is 4.79 Å². The van der Waals surface area contributed by atoms with E-state index in [1.165, 1.54) is 6.07 Å². The van der Waals surface area contributed by atoms with Gasteiger partial charge in [0.05, 0.1) is 5.56 Å². The Balaban J connectivity index is 1.78. The Hall–Kier alpha value is -2.40. The molecule has 2 rings (SSSR count). The van der Waals surface area contributed by atoms with Gasteiger partial charge in [0.1, 0.15) is 5.82 Å². The maximum atomic E-state index is 13.5. The SMILES string of the molecule is Cc1ccccc1CCNC(=O)COC(=O)c1cc(Cl)ccc1F. The van der Waals surface area contributed by atoms with E-state index in [1.54, 1.807) is 0 Å². The third-order valence-corrected chi connectivity index (χ3v) is 3.70. The van der Waals surface area contributed by atoms with Crippen molar-refractivity contribution in [2.24, 2.45) is 0 Å². The first-order valence-electron chi connectivity index (χ1n) is 7.41. The first kappa shape index (κ1) is 17.9. The molecule has 0 spiro atoms. The van der Waals surface area contributed by atoms with Crippen molar-refractivity contribution in [3.63, 3.8) is 0 Å². The third-order valence-electron chi connectivity index (χ3n) is 3.46. The number of carbonyl (C=O) groups is 2. The van der Waals surface area contributed by atoms with E-state index in [9.17, 15) is 14.0 Å². The Labute approximate surface area is 144 Å². The van der Waals surface area contributed by atoms with Crippen molar-refractivity contribution in [3.8, 4) is 0 Å². The lowest BCUT2D eigenvalue weighted by atomic mass is 10.1. The van der Waals surface area contributed by atoms with Crippen LogP contribution in [0.2, 0.25) is 5.02 Å². The first-order valence-corrected chi connectivity index (χ1v) is 7.78.